The summed E-state index contributed by atoms with van der Waals surface area (Å²) in [6.45, 7) is 0. The van der Waals surface area contributed by atoms with Crippen LogP contribution in [0.5, 0.6) is 0 Å². The lowest BCUT2D eigenvalue weighted by Gasteiger charge is -2.49. The summed E-state index contributed by atoms with van der Waals surface area (Å²) in [5.41, 5.74) is -0.637. The molecule has 0 radical (unpaired) electrons. The number of esters is 2. The van der Waals surface area contributed by atoms with Gasteiger partial charge in [0.2, 0.25) is 0 Å². The first-order chi connectivity index (χ1) is 15.9. The Kier molecular flexibility index (Phi) is 5.45. The van der Waals surface area contributed by atoms with E-state index in [1.165, 1.54) is 36.3 Å². The molecule has 0 saturated carbocycles. The monoisotopic (exact) mass is 443 g/mol. The fourth-order valence-electron chi connectivity index (χ4n) is 4.56. The van der Waals surface area contributed by atoms with Crippen LogP contribution in [0.15, 0.2) is 65.9 Å². The Balaban J connectivity index is 2.16. The summed E-state index contributed by atoms with van der Waals surface area (Å²) in [5.74, 6) is -3.48. The van der Waals surface area contributed by atoms with Gasteiger partial charge < -0.3 is 14.4 Å². The molecule has 0 bridgehead atoms. The Hall–Kier alpha value is -4.43. The van der Waals surface area contributed by atoms with Crippen molar-refractivity contribution in [3.05, 3.63) is 82.8 Å². The van der Waals surface area contributed by atoms with Gasteiger partial charge in [-0.15, -0.1) is 0 Å². The maximum absolute atomic E-state index is 13.7. The minimum Gasteiger partial charge on any atom is -0.466 e. The Morgan fingerprint density at radius 1 is 1.00 bits per heavy atom. The number of hydrogen-bond donors (Lipinski definition) is 0. The van der Waals surface area contributed by atoms with Crippen LogP contribution in [0.4, 0.5) is 10.1 Å². The minimum atomic E-state index is -1.86. The Morgan fingerprint density at radius 2 is 1.64 bits per heavy atom. The van der Waals surface area contributed by atoms with Crippen molar-refractivity contribution in [2.24, 2.45) is 5.41 Å². The number of methoxy groups -OCH3 is 2. The molecule has 0 spiro atoms. The highest BCUT2D eigenvalue weighted by Gasteiger charge is 2.59. The van der Waals surface area contributed by atoms with Gasteiger partial charge in [-0.25, -0.2) is 14.0 Å². The summed E-state index contributed by atoms with van der Waals surface area (Å²) in [6.07, 6.45) is 3.42. The van der Waals surface area contributed by atoms with Crippen molar-refractivity contribution in [1.29, 1.82) is 10.5 Å². The summed E-state index contributed by atoms with van der Waals surface area (Å²) in [7, 11) is 2.32. The van der Waals surface area contributed by atoms with Crippen LogP contribution in [0.2, 0.25) is 0 Å². The first-order valence-corrected chi connectivity index (χ1v) is 9.98. The molecule has 0 aromatic heterocycles. The third-order valence-corrected chi connectivity index (χ3v) is 6.00. The first kappa shape index (κ1) is 21.8. The van der Waals surface area contributed by atoms with Gasteiger partial charge in [-0.1, -0.05) is 42.5 Å². The first-order valence-electron chi connectivity index (χ1n) is 9.98. The largest absolute Gasteiger partial charge is 0.466 e. The predicted molar refractivity (Wildman–Crippen MR) is 116 cm³/mol. The smallest absolute Gasteiger partial charge is 0.355 e. The fourth-order valence-corrected chi connectivity index (χ4v) is 4.56. The lowest BCUT2D eigenvalue weighted by molar-refractivity contribution is -0.140. The van der Waals surface area contributed by atoms with Gasteiger partial charge in [0, 0.05) is 5.69 Å². The lowest BCUT2D eigenvalue weighted by Crippen LogP contribution is -2.56. The van der Waals surface area contributed by atoms with Crippen molar-refractivity contribution < 1.29 is 23.5 Å². The van der Waals surface area contributed by atoms with E-state index in [0.717, 1.165) is 12.7 Å². The van der Waals surface area contributed by atoms with E-state index in [9.17, 15) is 24.5 Å². The van der Waals surface area contributed by atoms with Crippen LogP contribution in [0.3, 0.4) is 0 Å². The molecule has 0 N–H and O–H groups in total. The molecule has 2 aliphatic heterocycles. The second kappa shape index (κ2) is 8.25. The number of carbonyl (C=O) groups is 2. The van der Waals surface area contributed by atoms with Crippen molar-refractivity contribution in [2.75, 3.05) is 19.1 Å². The molecule has 0 saturated heterocycles. The Morgan fingerprint density at radius 3 is 2.24 bits per heavy atom. The summed E-state index contributed by atoms with van der Waals surface area (Å²) in [4.78, 5) is 27.7. The van der Waals surface area contributed by atoms with Gasteiger partial charge in [0.05, 0.1) is 43.9 Å². The highest BCUT2D eigenvalue weighted by molar-refractivity contribution is 6.06. The number of para-hydroxylation sites is 1. The Bertz CT molecular complexity index is 1270. The zero-order chi connectivity index (χ0) is 23.8. The molecule has 0 fully saturated rings. The summed E-state index contributed by atoms with van der Waals surface area (Å²) in [5, 5.41) is 20.7. The topological polar surface area (TPSA) is 103 Å². The van der Waals surface area contributed by atoms with Crippen LogP contribution >= 0.6 is 0 Å². The zero-order valence-electron chi connectivity index (χ0n) is 17.8. The fraction of sp³-hybridized carbons (Fsp3) is 0.200. The van der Waals surface area contributed by atoms with E-state index in [4.69, 9.17) is 9.47 Å². The molecule has 2 aromatic rings. The molecule has 164 valence electrons. The lowest BCUT2D eigenvalue weighted by atomic mass is 9.62. The number of nitriles is 2. The average molecular weight is 443 g/mol. The summed E-state index contributed by atoms with van der Waals surface area (Å²) < 4.78 is 23.7. The van der Waals surface area contributed by atoms with Gasteiger partial charge in [-0.2, -0.15) is 10.5 Å². The number of rotatable bonds is 3. The second-order valence-electron chi connectivity index (χ2n) is 7.56. The van der Waals surface area contributed by atoms with E-state index < -0.39 is 35.1 Å². The van der Waals surface area contributed by atoms with Crippen LogP contribution in [0, 0.1) is 33.9 Å². The van der Waals surface area contributed by atoms with Gasteiger partial charge >= 0.3 is 11.9 Å². The van der Waals surface area contributed by atoms with Crippen molar-refractivity contribution in [1.82, 2.24) is 0 Å². The van der Waals surface area contributed by atoms with E-state index >= 15 is 0 Å². The number of anilines is 1. The number of hydrogen-bond acceptors (Lipinski definition) is 7. The molecule has 2 aliphatic rings. The minimum absolute atomic E-state index is 0.137. The van der Waals surface area contributed by atoms with E-state index in [1.807, 2.05) is 0 Å². The van der Waals surface area contributed by atoms with E-state index in [0.29, 0.717) is 11.3 Å². The van der Waals surface area contributed by atoms with Crippen LogP contribution in [-0.4, -0.2) is 32.2 Å². The van der Waals surface area contributed by atoms with Gasteiger partial charge in [-0.3, -0.25) is 0 Å². The van der Waals surface area contributed by atoms with Crippen LogP contribution in [-0.2, 0) is 19.1 Å². The van der Waals surface area contributed by atoms with Crippen molar-refractivity contribution in [2.45, 2.75) is 12.0 Å². The number of benzene rings is 2. The normalized spacial score (nSPS) is 20.1. The maximum atomic E-state index is 13.7. The molecule has 1 unspecified atom stereocenters. The molecule has 0 aliphatic carbocycles. The molecular weight excluding hydrogens is 425 g/mol. The molecular formula is C25H18FN3O4. The van der Waals surface area contributed by atoms with Gasteiger partial charge in [-0.05, 0) is 29.3 Å². The van der Waals surface area contributed by atoms with Crippen molar-refractivity contribution in [3.63, 3.8) is 0 Å². The highest BCUT2D eigenvalue weighted by Crippen LogP contribution is 2.54. The van der Waals surface area contributed by atoms with E-state index in [2.05, 4.69) is 12.1 Å². The summed E-state index contributed by atoms with van der Waals surface area (Å²) in [6, 6.07) is 15.5. The SMILES string of the molecule is COC(=O)C1=C(C(=O)OC)N2c3ccccc3C=C[C@@H]2C(C#N)(C#N)C1c1ccc(F)cc1. The Labute approximate surface area is 189 Å². The van der Waals surface area contributed by atoms with Crippen LogP contribution < -0.4 is 4.90 Å². The van der Waals surface area contributed by atoms with Crippen molar-refractivity contribution >= 4 is 23.7 Å². The summed E-state index contributed by atoms with van der Waals surface area (Å²) >= 11 is 0. The molecule has 7 nitrogen and oxygen atoms in total. The standard InChI is InChI=1S/C25H18FN3O4/c1-32-23(30)20-21(16-7-10-17(26)11-8-16)25(13-27,14-28)19-12-9-15-5-3-4-6-18(15)29(19)22(20)24(31)33-2/h3-12,19,21H,1-2H3/t19-,21?/m1/s1. The predicted octanol–water partition coefficient (Wildman–Crippen LogP) is 3.46. The number of carbonyl (C=O) groups excluding carboxylic acids is 2. The quantitative estimate of drug-likeness (QED) is 0.669. The molecule has 2 atom stereocenters. The number of fused-ring (bicyclic) bond motifs is 3. The van der Waals surface area contributed by atoms with Gasteiger partial charge in [0.1, 0.15) is 11.5 Å². The van der Waals surface area contributed by atoms with Gasteiger partial charge in [0.25, 0.3) is 0 Å². The molecule has 8 heteroatoms. The molecule has 2 aromatic carbocycles. The van der Waals surface area contributed by atoms with Crippen LogP contribution in [0.1, 0.15) is 17.0 Å². The maximum Gasteiger partial charge on any atom is 0.355 e. The average Bonchev–Trinajstić information content (AvgIpc) is 2.86. The number of ether oxygens (including phenoxy) is 2. The third kappa shape index (κ3) is 3.16. The number of halogens is 1. The molecule has 4 rings (SSSR count). The third-order valence-electron chi connectivity index (χ3n) is 6.00. The molecule has 33 heavy (non-hydrogen) atoms. The van der Waals surface area contributed by atoms with Gasteiger partial charge in [0.15, 0.2) is 5.41 Å². The highest BCUT2D eigenvalue weighted by atomic mass is 19.1. The van der Waals surface area contributed by atoms with Crippen molar-refractivity contribution in [3.8, 4) is 12.1 Å². The molecule has 2 heterocycles. The van der Waals surface area contributed by atoms with E-state index in [-0.39, 0.29) is 11.3 Å². The second-order valence-corrected chi connectivity index (χ2v) is 7.56. The zero-order valence-corrected chi connectivity index (χ0v) is 17.8. The molecule has 0 amide bonds. The van der Waals surface area contributed by atoms with Crippen LogP contribution in [0.25, 0.3) is 6.08 Å². The number of nitrogens with zero attached hydrogens (tertiary/aromatic N) is 3. The van der Waals surface area contributed by atoms with E-state index in [1.54, 1.807) is 36.4 Å².